The van der Waals surface area contributed by atoms with Crippen LogP contribution in [0, 0.1) is 6.92 Å². The summed E-state index contributed by atoms with van der Waals surface area (Å²) in [6, 6.07) is 13.1. The molecule has 0 spiro atoms. The Bertz CT molecular complexity index is 743. The highest BCUT2D eigenvalue weighted by Crippen LogP contribution is 2.08. The third-order valence-corrected chi connectivity index (χ3v) is 3.34. The van der Waals surface area contributed by atoms with Gasteiger partial charge in [-0.1, -0.05) is 12.1 Å². The lowest BCUT2D eigenvalue weighted by Crippen LogP contribution is -2.22. The molecule has 3 aromatic rings. The van der Waals surface area contributed by atoms with Crippen molar-refractivity contribution >= 4 is 5.91 Å². The Morgan fingerprint density at radius 3 is 2.68 bits per heavy atom. The van der Waals surface area contributed by atoms with Gasteiger partial charge in [-0.15, -0.1) is 0 Å². The van der Waals surface area contributed by atoms with E-state index in [-0.39, 0.29) is 5.91 Å². The maximum atomic E-state index is 12.1. The van der Waals surface area contributed by atoms with E-state index >= 15 is 0 Å². The number of aryl methyl sites for hydroxylation is 1. The first-order valence-corrected chi connectivity index (χ1v) is 7.10. The standard InChI is InChI=1S/C17H17N3O2/c1-13-3-8-16(22-13)11-18-17(21)15-6-4-14(5-7-15)12-20-10-2-9-19-20/h2-10H,11-12H2,1H3,(H,18,21). The lowest BCUT2D eigenvalue weighted by atomic mass is 10.1. The van der Waals surface area contributed by atoms with Crippen molar-refractivity contribution in [3.8, 4) is 0 Å². The van der Waals surface area contributed by atoms with Crippen LogP contribution in [0.5, 0.6) is 0 Å². The Morgan fingerprint density at radius 2 is 2.05 bits per heavy atom. The van der Waals surface area contributed by atoms with Crippen LogP contribution in [0.25, 0.3) is 0 Å². The molecule has 0 radical (unpaired) electrons. The second-order valence-corrected chi connectivity index (χ2v) is 5.10. The highest BCUT2D eigenvalue weighted by molar-refractivity contribution is 5.94. The predicted molar refractivity (Wildman–Crippen MR) is 82.4 cm³/mol. The Kier molecular flexibility index (Phi) is 4.05. The Labute approximate surface area is 128 Å². The topological polar surface area (TPSA) is 60.1 Å². The summed E-state index contributed by atoms with van der Waals surface area (Å²) in [6.07, 6.45) is 3.66. The number of carbonyl (C=O) groups is 1. The zero-order chi connectivity index (χ0) is 15.4. The minimum absolute atomic E-state index is 0.111. The summed E-state index contributed by atoms with van der Waals surface area (Å²) < 4.78 is 7.26. The first-order valence-electron chi connectivity index (χ1n) is 7.10. The molecule has 0 aliphatic heterocycles. The van der Waals surface area contributed by atoms with E-state index in [9.17, 15) is 4.79 Å². The average molecular weight is 295 g/mol. The van der Waals surface area contributed by atoms with Crippen molar-refractivity contribution in [1.29, 1.82) is 0 Å². The molecule has 112 valence electrons. The fourth-order valence-corrected chi connectivity index (χ4v) is 2.19. The molecule has 1 amide bonds. The molecule has 0 atom stereocenters. The number of nitrogens with one attached hydrogen (secondary N) is 1. The first-order chi connectivity index (χ1) is 10.7. The summed E-state index contributed by atoms with van der Waals surface area (Å²) in [5.41, 5.74) is 1.73. The van der Waals surface area contributed by atoms with Crippen molar-refractivity contribution in [2.24, 2.45) is 0 Å². The van der Waals surface area contributed by atoms with E-state index in [4.69, 9.17) is 4.42 Å². The molecule has 1 N–H and O–H groups in total. The van der Waals surface area contributed by atoms with Crippen LogP contribution in [0.2, 0.25) is 0 Å². The summed E-state index contributed by atoms with van der Waals surface area (Å²) in [5.74, 6) is 1.48. The predicted octanol–water partition coefficient (Wildman–Crippen LogP) is 2.76. The normalized spacial score (nSPS) is 10.6. The van der Waals surface area contributed by atoms with Crippen molar-refractivity contribution in [2.75, 3.05) is 0 Å². The molecule has 0 saturated carbocycles. The van der Waals surface area contributed by atoms with Gasteiger partial charge in [0.2, 0.25) is 0 Å². The molecule has 1 aromatic carbocycles. The van der Waals surface area contributed by atoms with Crippen LogP contribution in [0.4, 0.5) is 0 Å². The van der Waals surface area contributed by atoms with Crippen LogP contribution in [0.3, 0.4) is 0 Å². The molecule has 0 aliphatic carbocycles. The van der Waals surface area contributed by atoms with E-state index in [1.54, 1.807) is 6.20 Å². The zero-order valence-corrected chi connectivity index (χ0v) is 12.3. The molecular weight excluding hydrogens is 278 g/mol. The smallest absolute Gasteiger partial charge is 0.251 e. The maximum absolute atomic E-state index is 12.1. The van der Waals surface area contributed by atoms with Gasteiger partial charge in [0.15, 0.2) is 0 Å². The molecule has 3 rings (SSSR count). The third-order valence-electron chi connectivity index (χ3n) is 3.34. The van der Waals surface area contributed by atoms with Crippen LogP contribution in [0.15, 0.2) is 59.3 Å². The Hall–Kier alpha value is -2.82. The zero-order valence-electron chi connectivity index (χ0n) is 12.3. The second kappa shape index (κ2) is 6.30. The number of furan rings is 1. The van der Waals surface area contributed by atoms with Crippen molar-refractivity contribution in [3.05, 3.63) is 77.5 Å². The van der Waals surface area contributed by atoms with Crippen LogP contribution >= 0.6 is 0 Å². The van der Waals surface area contributed by atoms with Gasteiger partial charge in [-0.05, 0) is 42.8 Å². The fraction of sp³-hybridized carbons (Fsp3) is 0.176. The average Bonchev–Trinajstić information content (AvgIpc) is 3.17. The number of aromatic nitrogens is 2. The monoisotopic (exact) mass is 295 g/mol. The van der Waals surface area contributed by atoms with Crippen LogP contribution in [-0.4, -0.2) is 15.7 Å². The maximum Gasteiger partial charge on any atom is 0.251 e. The molecule has 5 nitrogen and oxygen atoms in total. The Balaban J connectivity index is 1.58. The van der Waals surface area contributed by atoms with Gasteiger partial charge in [-0.2, -0.15) is 5.10 Å². The summed E-state index contributed by atoms with van der Waals surface area (Å²) in [4.78, 5) is 12.1. The third kappa shape index (κ3) is 3.44. The van der Waals surface area contributed by atoms with Gasteiger partial charge in [0.1, 0.15) is 11.5 Å². The lowest BCUT2D eigenvalue weighted by Gasteiger charge is -2.05. The van der Waals surface area contributed by atoms with E-state index in [0.29, 0.717) is 18.7 Å². The van der Waals surface area contributed by atoms with E-state index in [0.717, 1.165) is 17.1 Å². The first kappa shape index (κ1) is 14.1. The lowest BCUT2D eigenvalue weighted by molar-refractivity contribution is 0.0948. The Morgan fingerprint density at radius 1 is 1.23 bits per heavy atom. The number of amides is 1. The van der Waals surface area contributed by atoms with Crippen LogP contribution in [-0.2, 0) is 13.1 Å². The molecular formula is C17H17N3O2. The number of hydrogen-bond acceptors (Lipinski definition) is 3. The second-order valence-electron chi connectivity index (χ2n) is 5.10. The molecule has 2 aromatic heterocycles. The molecule has 0 aliphatic rings. The molecule has 0 saturated heterocycles. The van der Waals surface area contributed by atoms with Crippen LogP contribution < -0.4 is 5.32 Å². The van der Waals surface area contributed by atoms with Crippen molar-refractivity contribution in [1.82, 2.24) is 15.1 Å². The summed E-state index contributed by atoms with van der Waals surface area (Å²) in [6.45, 7) is 2.96. The van der Waals surface area contributed by atoms with Crippen molar-refractivity contribution in [3.63, 3.8) is 0 Å². The molecule has 0 fully saturated rings. The highest BCUT2D eigenvalue weighted by Gasteiger charge is 2.07. The van der Waals surface area contributed by atoms with Crippen LogP contribution in [0.1, 0.15) is 27.4 Å². The largest absolute Gasteiger partial charge is 0.465 e. The minimum atomic E-state index is -0.111. The van der Waals surface area contributed by atoms with E-state index in [1.165, 1.54) is 0 Å². The number of carbonyl (C=O) groups excluding carboxylic acids is 1. The highest BCUT2D eigenvalue weighted by atomic mass is 16.3. The number of hydrogen-bond donors (Lipinski definition) is 1. The van der Waals surface area contributed by atoms with Gasteiger partial charge in [-0.25, -0.2) is 0 Å². The number of benzene rings is 1. The summed E-state index contributed by atoms with van der Waals surface area (Å²) in [7, 11) is 0. The molecule has 0 bridgehead atoms. The van der Waals surface area contributed by atoms with E-state index < -0.39 is 0 Å². The van der Waals surface area contributed by atoms with Crippen molar-refractivity contribution in [2.45, 2.75) is 20.0 Å². The molecule has 0 unspecified atom stereocenters. The van der Waals surface area contributed by atoms with Gasteiger partial charge in [0.05, 0.1) is 13.1 Å². The number of rotatable bonds is 5. The van der Waals surface area contributed by atoms with E-state index in [1.807, 2.05) is 60.3 Å². The molecule has 22 heavy (non-hydrogen) atoms. The molecule has 5 heteroatoms. The SMILES string of the molecule is Cc1ccc(CNC(=O)c2ccc(Cn3cccn3)cc2)o1. The van der Waals surface area contributed by atoms with Gasteiger partial charge in [0, 0.05) is 18.0 Å². The summed E-state index contributed by atoms with van der Waals surface area (Å²) in [5, 5.41) is 7.00. The van der Waals surface area contributed by atoms with Gasteiger partial charge >= 0.3 is 0 Å². The van der Waals surface area contributed by atoms with Crippen molar-refractivity contribution < 1.29 is 9.21 Å². The van der Waals surface area contributed by atoms with Gasteiger partial charge < -0.3 is 9.73 Å². The van der Waals surface area contributed by atoms with Gasteiger partial charge in [-0.3, -0.25) is 9.48 Å². The summed E-state index contributed by atoms with van der Waals surface area (Å²) >= 11 is 0. The van der Waals surface area contributed by atoms with E-state index in [2.05, 4.69) is 10.4 Å². The van der Waals surface area contributed by atoms with Gasteiger partial charge in [0.25, 0.3) is 5.91 Å². The number of nitrogens with zero attached hydrogens (tertiary/aromatic N) is 2. The quantitative estimate of drug-likeness (QED) is 0.787. The fourth-order valence-electron chi connectivity index (χ4n) is 2.19. The minimum Gasteiger partial charge on any atom is -0.465 e. The molecule has 2 heterocycles.